The van der Waals surface area contributed by atoms with Gasteiger partial charge in [-0.15, -0.1) is 4.99 Å². The van der Waals surface area contributed by atoms with E-state index in [1.165, 1.54) is 6.08 Å². The first-order chi connectivity index (χ1) is 6.14. The molecule has 1 aliphatic heterocycles. The summed E-state index contributed by atoms with van der Waals surface area (Å²) in [7, 11) is -2.91. The molecule has 0 amide bonds. The van der Waals surface area contributed by atoms with Crippen molar-refractivity contribution in [1.29, 1.82) is 0 Å². The van der Waals surface area contributed by atoms with Gasteiger partial charge >= 0.3 is 0 Å². The van der Waals surface area contributed by atoms with Crippen molar-refractivity contribution in [2.24, 2.45) is 10.9 Å². The van der Waals surface area contributed by atoms with Crippen LogP contribution in [0, 0.1) is 17.9 Å². The van der Waals surface area contributed by atoms with E-state index in [4.69, 9.17) is 0 Å². The molecule has 1 saturated heterocycles. The lowest BCUT2D eigenvalue weighted by Crippen LogP contribution is -2.23. The van der Waals surface area contributed by atoms with Crippen LogP contribution < -0.4 is 0 Å². The number of hydrogen-bond donors (Lipinski definition) is 0. The van der Waals surface area contributed by atoms with Gasteiger partial charge in [0.1, 0.15) is 0 Å². The second kappa shape index (κ2) is 4.22. The highest BCUT2D eigenvalue weighted by Gasteiger charge is 2.22. The first kappa shape index (κ1) is 9.97. The SMILES string of the molecule is O=C=NC#CC1CCCS(=O)(=O)C1. The van der Waals surface area contributed by atoms with Crippen LogP contribution in [-0.2, 0) is 14.6 Å². The molecule has 1 rings (SSSR count). The molecule has 13 heavy (non-hydrogen) atoms. The Hall–Kier alpha value is -1.11. The minimum Gasteiger partial charge on any atom is -0.229 e. The van der Waals surface area contributed by atoms with Crippen LogP contribution in [0.2, 0.25) is 0 Å². The molecule has 0 radical (unpaired) electrons. The van der Waals surface area contributed by atoms with Gasteiger partial charge in [0.15, 0.2) is 9.84 Å². The average Bonchev–Trinajstić information content (AvgIpc) is 2.03. The standard InChI is InChI=1S/C8H9NO3S/c10-7-9-4-3-8-2-1-5-13(11,12)6-8/h8H,1-2,5-6H2. The van der Waals surface area contributed by atoms with Crippen LogP contribution in [0.3, 0.4) is 0 Å². The molecular formula is C8H9NO3S. The lowest BCUT2D eigenvalue weighted by molar-refractivity contribution is 0.549. The van der Waals surface area contributed by atoms with E-state index in [1.807, 2.05) is 0 Å². The number of isocyanates is 1. The smallest absolute Gasteiger partial charge is 0.229 e. The maximum Gasteiger partial charge on any atom is 0.249 e. The van der Waals surface area contributed by atoms with Gasteiger partial charge in [0.25, 0.3) is 0 Å². The van der Waals surface area contributed by atoms with E-state index in [9.17, 15) is 13.2 Å². The Morgan fingerprint density at radius 3 is 2.77 bits per heavy atom. The summed E-state index contributed by atoms with van der Waals surface area (Å²) in [6.07, 6.45) is 2.69. The second-order valence-corrected chi connectivity index (χ2v) is 5.14. The molecular weight excluding hydrogens is 190 g/mol. The lowest BCUT2D eigenvalue weighted by atomic mass is 10.1. The molecule has 1 aliphatic rings. The predicted octanol–water partition coefficient (Wildman–Crippen LogP) is 0.108. The molecule has 1 atom stereocenters. The lowest BCUT2D eigenvalue weighted by Gasteiger charge is -2.16. The highest BCUT2D eigenvalue weighted by atomic mass is 32.2. The molecule has 0 aliphatic carbocycles. The van der Waals surface area contributed by atoms with Gasteiger partial charge < -0.3 is 0 Å². The minimum atomic E-state index is -2.91. The Morgan fingerprint density at radius 2 is 2.15 bits per heavy atom. The van der Waals surface area contributed by atoms with E-state index >= 15 is 0 Å². The van der Waals surface area contributed by atoms with Gasteiger partial charge in [-0.1, -0.05) is 5.92 Å². The summed E-state index contributed by atoms with van der Waals surface area (Å²) in [5, 5.41) is 0. The van der Waals surface area contributed by atoms with Crippen LogP contribution in [0.5, 0.6) is 0 Å². The molecule has 0 saturated carbocycles. The molecule has 1 unspecified atom stereocenters. The Balaban J connectivity index is 2.64. The Bertz CT molecular complexity index is 381. The zero-order chi connectivity index (χ0) is 9.73. The summed E-state index contributed by atoms with van der Waals surface area (Å²) in [6.45, 7) is 0. The van der Waals surface area contributed by atoms with Crippen molar-refractivity contribution in [3.63, 3.8) is 0 Å². The van der Waals surface area contributed by atoms with Crippen LogP contribution in [0.15, 0.2) is 4.99 Å². The van der Waals surface area contributed by atoms with Crippen molar-refractivity contribution in [1.82, 2.24) is 0 Å². The molecule has 1 fully saturated rings. The Morgan fingerprint density at radius 1 is 1.38 bits per heavy atom. The fraction of sp³-hybridized carbons (Fsp3) is 0.625. The third-order valence-corrected chi connectivity index (χ3v) is 3.65. The number of carbonyl (C=O) groups excluding carboxylic acids is 1. The number of sulfone groups is 1. The average molecular weight is 199 g/mol. The first-order valence-corrected chi connectivity index (χ1v) is 5.74. The highest BCUT2D eigenvalue weighted by molar-refractivity contribution is 7.91. The Labute approximate surface area is 77.0 Å². The zero-order valence-corrected chi connectivity index (χ0v) is 7.80. The summed E-state index contributed by atoms with van der Waals surface area (Å²) in [5.74, 6) is 2.79. The van der Waals surface area contributed by atoms with E-state index in [1.54, 1.807) is 0 Å². The van der Waals surface area contributed by atoms with Crippen molar-refractivity contribution in [2.75, 3.05) is 11.5 Å². The fourth-order valence-electron chi connectivity index (χ4n) is 1.28. The zero-order valence-electron chi connectivity index (χ0n) is 6.99. The third kappa shape index (κ3) is 3.41. The van der Waals surface area contributed by atoms with Crippen LogP contribution in [0.25, 0.3) is 0 Å². The molecule has 0 aromatic carbocycles. The fourth-order valence-corrected chi connectivity index (χ4v) is 2.92. The van der Waals surface area contributed by atoms with E-state index in [0.717, 1.165) is 6.42 Å². The summed E-state index contributed by atoms with van der Waals surface area (Å²) in [4.78, 5) is 12.7. The van der Waals surface area contributed by atoms with Crippen molar-refractivity contribution in [2.45, 2.75) is 12.8 Å². The third-order valence-electron chi connectivity index (χ3n) is 1.83. The van der Waals surface area contributed by atoms with E-state index in [-0.39, 0.29) is 17.4 Å². The van der Waals surface area contributed by atoms with Crippen LogP contribution >= 0.6 is 0 Å². The molecule has 0 aromatic rings. The number of hydrogen-bond acceptors (Lipinski definition) is 4. The topological polar surface area (TPSA) is 63.6 Å². The highest BCUT2D eigenvalue weighted by Crippen LogP contribution is 2.17. The maximum atomic E-state index is 11.1. The summed E-state index contributed by atoms with van der Waals surface area (Å²) in [6, 6.07) is 2.23. The van der Waals surface area contributed by atoms with Crippen molar-refractivity contribution >= 4 is 15.9 Å². The minimum absolute atomic E-state index is 0.0916. The first-order valence-electron chi connectivity index (χ1n) is 3.92. The van der Waals surface area contributed by atoms with Crippen LogP contribution in [0.4, 0.5) is 0 Å². The number of aliphatic imine (C=N–C) groups is 1. The molecule has 5 heteroatoms. The van der Waals surface area contributed by atoms with Crippen molar-refractivity contribution < 1.29 is 13.2 Å². The Kier molecular flexibility index (Phi) is 3.24. The monoisotopic (exact) mass is 199 g/mol. The van der Waals surface area contributed by atoms with Gasteiger partial charge in [-0.3, -0.25) is 0 Å². The van der Waals surface area contributed by atoms with Crippen molar-refractivity contribution in [3.05, 3.63) is 0 Å². The van der Waals surface area contributed by atoms with Crippen molar-refractivity contribution in [3.8, 4) is 12.0 Å². The molecule has 70 valence electrons. The molecule has 0 bridgehead atoms. The quantitative estimate of drug-likeness (QED) is 0.316. The normalized spacial score (nSPS) is 25.1. The summed E-state index contributed by atoms with van der Waals surface area (Å²) in [5.41, 5.74) is 0. The van der Waals surface area contributed by atoms with Gasteiger partial charge in [0.05, 0.1) is 11.5 Å². The van der Waals surface area contributed by atoms with Gasteiger partial charge in [0, 0.05) is 12.0 Å². The van der Waals surface area contributed by atoms with E-state index in [0.29, 0.717) is 6.42 Å². The number of rotatable bonds is 0. The van der Waals surface area contributed by atoms with Crippen LogP contribution in [0.1, 0.15) is 12.8 Å². The van der Waals surface area contributed by atoms with Gasteiger partial charge in [-0.25, -0.2) is 13.2 Å². The second-order valence-electron chi connectivity index (χ2n) is 2.91. The van der Waals surface area contributed by atoms with E-state index in [2.05, 4.69) is 17.0 Å². The van der Waals surface area contributed by atoms with Gasteiger partial charge in [-0.05, 0) is 12.8 Å². The number of nitrogens with zero attached hydrogens (tertiary/aromatic N) is 1. The predicted molar refractivity (Wildman–Crippen MR) is 47.3 cm³/mol. The maximum absolute atomic E-state index is 11.1. The summed E-state index contributed by atoms with van der Waals surface area (Å²) < 4.78 is 22.2. The molecule has 0 N–H and O–H groups in total. The molecule has 1 heterocycles. The largest absolute Gasteiger partial charge is 0.249 e. The molecule has 4 nitrogen and oxygen atoms in total. The van der Waals surface area contributed by atoms with Gasteiger partial charge in [-0.2, -0.15) is 0 Å². The summed E-state index contributed by atoms with van der Waals surface area (Å²) >= 11 is 0. The van der Waals surface area contributed by atoms with E-state index < -0.39 is 9.84 Å². The molecule has 0 spiro atoms. The van der Waals surface area contributed by atoms with Crippen LogP contribution in [-0.4, -0.2) is 26.0 Å². The molecule has 0 aromatic heterocycles. The van der Waals surface area contributed by atoms with Gasteiger partial charge in [0.2, 0.25) is 6.08 Å².